The van der Waals surface area contributed by atoms with E-state index in [1.165, 1.54) is 12.4 Å². The van der Waals surface area contributed by atoms with Crippen molar-refractivity contribution in [3.63, 3.8) is 0 Å². The average molecular weight is 320 g/mol. The van der Waals surface area contributed by atoms with Crippen LogP contribution in [0.15, 0.2) is 59.8 Å². The first-order valence-corrected chi connectivity index (χ1v) is 7.90. The van der Waals surface area contributed by atoms with Gasteiger partial charge in [-0.1, -0.05) is 48.0 Å². The van der Waals surface area contributed by atoms with Gasteiger partial charge in [-0.25, -0.2) is 13.4 Å². The molecule has 0 fully saturated rings. The third kappa shape index (κ3) is 2.81. The summed E-state index contributed by atoms with van der Waals surface area (Å²) >= 11 is 5.71. The molecule has 0 aliphatic carbocycles. The Kier molecular flexibility index (Phi) is 3.48. The lowest BCUT2D eigenvalue weighted by atomic mass is 10.1. The maximum absolute atomic E-state index is 12.5. The number of sulfonamides is 1. The molecular formula is C14H10ClN3O2S. The topological polar surface area (TPSA) is 72.0 Å². The number of hydrogen-bond acceptors (Lipinski definition) is 4. The monoisotopic (exact) mass is 319 g/mol. The SMILES string of the molecule is O=S(=O)(Nc1cncc(Cl)n1)c1cccc2ccccc12. The van der Waals surface area contributed by atoms with Crippen LogP contribution < -0.4 is 4.72 Å². The van der Waals surface area contributed by atoms with E-state index in [1.54, 1.807) is 24.3 Å². The lowest BCUT2D eigenvalue weighted by Gasteiger charge is -2.09. The molecule has 0 radical (unpaired) electrons. The molecule has 1 heterocycles. The van der Waals surface area contributed by atoms with Crippen LogP contribution in [-0.2, 0) is 10.0 Å². The molecule has 0 saturated heterocycles. The highest BCUT2D eigenvalue weighted by Gasteiger charge is 2.18. The van der Waals surface area contributed by atoms with Crippen LogP contribution in [0.5, 0.6) is 0 Å². The first-order chi connectivity index (χ1) is 10.1. The zero-order valence-electron chi connectivity index (χ0n) is 10.7. The van der Waals surface area contributed by atoms with Crippen LogP contribution in [0, 0.1) is 0 Å². The molecule has 3 aromatic rings. The molecule has 1 N–H and O–H groups in total. The normalized spacial score (nSPS) is 11.5. The highest BCUT2D eigenvalue weighted by atomic mass is 35.5. The Morgan fingerprint density at radius 1 is 1.00 bits per heavy atom. The molecule has 3 rings (SSSR count). The zero-order valence-corrected chi connectivity index (χ0v) is 12.3. The van der Waals surface area contributed by atoms with Crippen molar-refractivity contribution in [3.05, 3.63) is 60.0 Å². The zero-order chi connectivity index (χ0) is 14.9. The summed E-state index contributed by atoms with van der Waals surface area (Å²) in [4.78, 5) is 7.86. The molecule has 0 saturated carbocycles. The molecule has 0 unspecified atom stereocenters. The number of benzene rings is 2. The van der Waals surface area contributed by atoms with Crippen molar-refractivity contribution in [2.24, 2.45) is 0 Å². The Balaban J connectivity index is 2.09. The van der Waals surface area contributed by atoms with Crippen molar-refractivity contribution in [3.8, 4) is 0 Å². The largest absolute Gasteiger partial charge is 0.263 e. The fraction of sp³-hybridized carbons (Fsp3) is 0. The van der Waals surface area contributed by atoms with Crippen molar-refractivity contribution in [2.75, 3.05) is 4.72 Å². The first kappa shape index (κ1) is 13.8. The van der Waals surface area contributed by atoms with E-state index in [0.717, 1.165) is 5.39 Å². The van der Waals surface area contributed by atoms with E-state index >= 15 is 0 Å². The Morgan fingerprint density at radius 3 is 2.57 bits per heavy atom. The van der Waals surface area contributed by atoms with Crippen LogP contribution in [0.4, 0.5) is 5.82 Å². The van der Waals surface area contributed by atoms with Crippen molar-refractivity contribution in [1.82, 2.24) is 9.97 Å². The van der Waals surface area contributed by atoms with Gasteiger partial charge in [0.1, 0.15) is 5.15 Å². The van der Waals surface area contributed by atoms with E-state index in [0.29, 0.717) is 5.39 Å². The van der Waals surface area contributed by atoms with Gasteiger partial charge in [-0.15, -0.1) is 0 Å². The third-order valence-electron chi connectivity index (χ3n) is 2.88. The molecule has 0 aliphatic rings. The summed E-state index contributed by atoms with van der Waals surface area (Å²) in [5.74, 6) is 0.0791. The Morgan fingerprint density at radius 2 is 1.76 bits per heavy atom. The molecule has 0 amide bonds. The number of hydrogen-bond donors (Lipinski definition) is 1. The summed E-state index contributed by atoms with van der Waals surface area (Å²) < 4.78 is 27.4. The van der Waals surface area contributed by atoms with Crippen LogP contribution in [0.25, 0.3) is 10.8 Å². The second-order valence-corrected chi connectivity index (χ2v) is 6.35. The maximum Gasteiger partial charge on any atom is 0.263 e. The quantitative estimate of drug-likeness (QED) is 0.805. The van der Waals surface area contributed by atoms with Gasteiger partial charge in [0.05, 0.1) is 17.3 Å². The minimum Gasteiger partial charge on any atom is -0.262 e. The summed E-state index contributed by atoms with van der Waals surface area (Å²) in [6.45, 7) is 0. The standard InChI is InChI=1S/C14H10ClN3O2S/c15-13-8-16-9-14(17-13)18-21(19,20)12-7-3-5-10-4-1-2-6-11(10)12/h1-9H,(H,17,18). The van der Waals surface area contributed by atoms with Gasteiger partial charge in [0.25, 0.3) is 10.0 Å². The van der Waals surface area contributed by atoms with E-state index in [1.807, 2.05) is 18.2 Å². The van der Waals surface area contributed by atoms with Crippen molar-refractivity contribution >= 4 is 38.2 Å². The lowest BCUT2D eigenvalue weighted by Crippen LogP contribution is -2.14. The van der Waals surface area contributed by atoms with Gasteiger partial charge in [0.2, 0.25) is 0 Å². The van der Waals surface area contributed by atoms with Crippen molar-refractivity contribution in [1.29, 1.82) is 0 Å². The van der Waals surface area contributed by atoms with Crippen molar-refractivity contribution < 1.29 is 8.42 Å². The molecule has 5 nitrogen and oxygen atoms in total. The van der Waals surface area contributed by atoms with Crippen LogP contribution in [0.2, 0.25) is 5.15 Å². The number of anilines is 1. The molecule has 0 aliphatic heterocycles. The van der Waals surface area contributed by atoms with E-state index in [9.17, 15) is 8.42 Å². The van der Waals surface area contributed by atoms with E-state index < -0.39 is 10.0 Å². The number of fused-ring (bicyclic) bond motifs is 1. The highest BCUT2D eigenvalue weighted by Crippen LogP contribution is 2.24. The highest BCUT2D eigenvalue weighted by molar-refractivity contribution is 7.93. The van der Waals surface area contributed by atoms with Crippen molar-refractivity contribution in [2.45, 2.75) is 4.90 Å². The third-order valence-corrected chi connectivity index (χ3v) is 4.48. The molecule has 0 bridgehead atoms. The number of nitrogens with zero attached hydrogens (tertiary/aromatic N) is 2. The van der Waals surface area contributed by atoms with Gasteiger partial charge in [-0.05, 0) is 11.5 Å². The molecule has 2 aromatic carbocycles. The number of halogens is 1. The molecule has 1 aromatic heterocycles. The minimum atomic E-state index is -3.77. The molecule has 106 valence electrons. The van der Waals surface area contributed by atoms with Gasteiger partial charge in [-0.2, -0.15) is 0 Å². The fourth-order valence-corrected chi connectivity index (χ4v) is 3.38. The Hall–Kier alpha value is -2.18. The second-order valence-electron chi connectivity index (χ2n) is 4.31. The second kappa shape index (κ2) is 5.31. The molecule has 21 heavy (non-hydrogen) atoms. The van der Waals surface area contributed by atoms with E-state index in [-0.39, 0.29) is 15.9 Å². The number of rotatable bonds is 3. The summed E-state index contributed by atoms with van der Waals surface area (Å²) in [6.07, 6.45) is 2.63. The van der Waals surface area contributed by atoms with E-state index in [2.05, 4.69) is 14.7 Å². The molecular weight excluding hydrogens is 310 g/mol. The summed E-state index contributed by atoms with van der Waals surface area (Å²) in [5.41, 5.74) is 0. The molecule has 0 atom stereocenters. The predicted octanol–water partition coefficient (Wildman–Crippen LogP) is 3.08. The summed E-state index contributed by atoms with van der Waals surface area (Å²) in [7, 11) is -3.77. The number of nitrogens with one attached hydrogen (secondary N) is 1. The Labute approximate surface area is 126 Å². The maximum atomic E-state index is 12.5. The van der Waals surface area contributed by atoms with Gasteiger partial charge in [0, 0.05) is 5.39 Å². The van der Waals surface area contributed by atoms with Crippen LogP contribution in [0.3, 0.4) is 0 Å². The smallest absolute Gasteiger partial charge is 0.262 e. The van der Waals surface area contributed by atoms with Crippen LogP contribution in [0.1, 0.15) is 0 Å². The van der Waals surface area contributed by atoms with Crippen LogP contribution in [-0.4, -0.2) is 18.4 Å². The summed E-state index contributed by atoms with van der Waals surface area (Å²) in [5, 5.41) is 1.60. The van der Waals surface area contributed by atoms with Gasteiger partial charge >= 0.3 is 0 Å². The van der Waals surface area contributed by atoms with Crippen LogP contribution >= 0.6 is 11.6 Å². The number of aromatic nitrogens is 2. The minimum absolute atomic E-state index is 0.0791. The van der Waals surface area contributed by atoms with Gasteiger partial charge < -0.3 is 0 Å². The first-order valence-electron chi connectivity index (χ1n) is 6.04. The average Bonchev–Trinajstić information content (AvgIpc) is 2.46. The summed E-state index contributed by atoms with van der Waals surface area (Å²) in [6, 6.07) is 12.4. The van der Waals surface area contributed by atoms with Gasteiger partial charge in [0.15, 0.2) is 5.82 Å². The Bertz CT molecular complexity index is 907. The van der Waals surface area contributed by atoms with Gasteiger partial charge in [-0.3, -0.25) is 9.71 Å². The fourth-order valence-electron chi connectivity index (χ4n) is 2.01. The molecule has 7 heteroatoms. The molecule has 0 spiro atoms. The lowest BCUT2D eigenvalue weighted by molar-refractivity contribution is 0.602. The van der Waals surface area contributed by atoms with E-state index in [4.69, 9.17) is 11.6 Å². The predicted molar refractivity (Wildman–Crippen MR) is 81.8 cm³/mol.